The Morgan fingerprint density at radius 3 is 2.79 bits per heavy atom. The fourth-order valence-corrected chi connectivity index (χ4v) is 2.56. The highest BCUT2D eigenvalue weighted by Crippen LogP contribution is 2.18. The molecule has 124 valence electrons. The second-order valence-corrected chi connectivity index (χ2v) is 5.49. The topological polar surface area (TPSA) is 90.5 Å². The molecule has 1 N–H and O–H groups in total. The van der Waals surface area contributed by atoms with Crippen LogP contribution in [0.25, 0.3) is 0 Å². The first-order valence-electron chi connectivity index (χ1n) is 7.75. The van der Waals surface area contributed by atoms with Crippen molar-refractivity contribution in [2.45, 2.75) is 32.5 Å². The number of rotatable bonds is 7. The molecular formula is C16H19N7O. The molecule has 3 rings (SSSR count). The summed E-state index contributed by atoms with van der Waals surface area (Å²) in [5.74, 6) is 0.834. The third-order valence-corrected chi connectivity index (χ3v) is 3.82. The molecule has 1 atom stereocenters. The Morgan fingerprint density at radius 2 is 2.12 bits per heavy atom. The van der Waals surface area contributed by atoms with Gasteiger partial charge in [0.05, 0.1) is 6.04 Å². The zero-order chi connectivity index (χ0) is 16.8. The quantitative estimate of drug-likeness (QED) is 0.703. The van der Waals surface area contributed by atoms with Crippen molar-refractivity contribution in [3.8, 4) is 0 Å². The third kappa shape index (κ3) is 4.03. The van der Waals surface area contributed by atoms with Gasteiger partial charge >= 0.3 is 0 Å². The Kier molecular flexibility index (Phi) is 4.95. The predicted molar refractivity (Wildman–Crippen MR) is 86.7 cm³/mol. The summed E-state index contributed by atoms with van der Waals surface area (Å²) >= 11 is 0. The van der Waals surface area contributed by atoms with E-state index >= 15 is 0 Å². The molecule has 2 aromatic heterocycles. The Morgan fingerprint density at radius 1 is 1.29 bits per heavy atom. The van der Waals surface area contributed by atoms with Crippen LogP contribution in [-0.4, -0.2) is 35.7 Å². The smallest absolute Gasteiger partial charge is 0.242 e. The van der Waals surface area contributed by atoms with Crippen LogP contribution in [-0.2, 0) is 17.9 Å². The minimum atomic E-state index is -0.126. The lowest BCUT2D eigenvalue weighted by atomic mass is 10.0. The first kappa shape index (κ1) is 15.9. The van der Waals surface area contributed by atoms with E-state index < -0.39 is 0 Å². The van der Waals surface area contributed by atoms with Crippen molar-refractivity contribution in [3.05, 3.63) is 60.4 Å². The number of hydrogen-bond donors (Lipinski definition) is 1. The lowest BCUT2D eigenvalue weighted by Gasteiger charge is -2.20. The molecule has 0 unspecified atom stereocenters. The van der Waals surface area contributed by atoms with Crippen molar-refractivity contribution < 1.29 is 4.79 Å². The zero-order valence-corrected chi connectivity index (χ0v) is 13.4. The summed E-state index contributed by atoms with van der Waals surface area (Å²) in [6.07, 6.45) is 5.91. The fraction of sp³-hybridized carbons (Fsp3) is 0.312. The number of aryl methyl sites for hydroxylation is 2. The summed E-state index contributed by atoms with van der Waals surface area (Å²) < 4.78 is 3.47. The molecule has 8 heteroatoms. The Bertz CT molecular complexity index is 767. The molecule has 0 bridgehead atoms. The minimum Gasteiger partial charge on any atom is -0.348 e. The van der Waals surface area contributed by atoms with E-state index in [1.807, 2.05) is 43.5 Å². The van der Waals surface area contributed by atoms with Crippen molar-refractivity contribution in [3.63, 3.8) is 0 Å². The second kappa shape index (κ2) is 7.49. The highest BCUT2D eigenvalue weighted by atomic mass is 16.2. The molecular weight excluding hydrogens is 306 g/mol. The van der Waals surface area contributed by atoms with Gasteiger partial charge in [0, 0.05) is 18.9 Å². The van der Waals surface area contributed by atoms with Crippen LogP contribution < -0.4 is 5.32 Å². The summed E-state index contributed by atoms with van der Waals surface area (Å²) in [5.41, 5.74) is 1.07. The maximum Gasteiger partial charge on any atom is 0.242 e. The first-order chi connectivity index (χ1) is 11.7. The Hall–Kier alpha value is -3.03. The molecule has 0 fully saturated rings. The average molecular weight is 325 g/mol. The van der Waals surface area contributed by atoms with E-state index in [9.17, 15) is 4.79 Å². The summed E-state index contributed by atoms with van der Waals surface area (Å²) in [6, 6.07) is 9.85. The largest absolute Gasteiger partial charge is 0.348 e. The molecule has 2 heterocycles. The van der Waals surface area contributed by atoms with Crippen LogP contribution in [0.4, 0.5) is 0 Å². The summed E-state index contributed by atoms with van der Waals surface area (Å²) in [6.45, 7) is 2.84. The van der Waals surface area contributed by atoms with E-state index in [2.05, 4.69) is 30.4 Å². The van der Waals surface area contributed by atoms with Gasteiger partial charge in [0.2, 0.25) is 5.91 Å². The monoisotopic (exact) mass is 325 g/mol. The van der Waals surface area contributed by atoms with Gasteiger partial charge < -0.3 is 9.88 Å². The Labute approximate surface area is 139 Å². The van der Waals surface area contributed by atoms with Crippen molar-refractivity contribution in [1.29, 1.82) is 0 Å². The number of hydrogen-bond acceptors (Lipinski definition) is 5. The van der Waals surface area contributed by atoms with Crippen molar-refractivity contribution in [2.75, 3.05) is 0 Å². The van der Waals surface area contributed by atoms with Gasteiger partial charge in [-0.2, -0.15) is 0 Å². The summed E-state index contributed by atoms with van der Waals surface area (Å²) in [5, 5.41) is 13.9. The highest BCUT2D eigenvalue weighted by molar-refractivity contribution is 5.76. The third-order valence-electron chi connectivity index (χ3n) is 3.82. The predicted octanol–water partition coefficient (Wildman–Crippen LogP) is 1.13. The van der Waals surface area contributed by atoms with Gasteiger partial charge in [-0.15, -0.1) is 5.10 Å². The number of benzene rings is 1. The van der Waals surface area contributed by atoms with Crippen molar-refractivity contribution >= 4 is 5.91 Å². The molecule has 0 aliphatic rings. The molecule has 0 radical (unpaired) electrons. The second-order valence-electron chi connectivity index (χ2n) is 5.49. The number of carbonyl (C=O) groups excluding carboxylic acids is 1. The van der Waals surface area contributed by atoms with Crippen LogP contribution in [0.5, 0.6) is 0 Å². The molecule has 0 aliphatic carbocycles. The zero-order valence-electron chi connectivity index (χ0n) is 13.4. The molecule has 0 spiro atoms. The molecule has 0 saturated heterocycles. The van der Waals surface area contributed by atoms with Gasteiger partial charge in [-0.1, -0.05) is 30.3 Å². The number of carbonyl (C=O) groups is 1. The Balaban J connectivity index is 1.67. The average Bonchev–Trinajstić information content (AvgIpc) is 3.24. The van der Waals surface area contributed by atoms with Gasteiger partial charge in [0.1, 0.15) is 18.7 Å². The van der Waals surface area contributed by atoms with Gasteiger partial charge in [0.25, 0.3) is 0 Å². The van der Waals surface area contributed by atoms with E-state index in [1.54, 1.807) is 6.20 Å². The molecule has 8 nitrogen and oxygen atoms in total. The number of tetrazole rings is 1. The minimum absolute atomic E-state index is 0.0861. The summed E-state index contributed by atoms with van der Waals surface area (Å²) in [7, 11) is 0. The SMILES string of the molecule is Cc1nccn1CC[C@H](NC(=O)Cn1cnnn1)c1ccccc1. The van der Waals surface area contributed by atoms with Crippen molar-refractivity contribution in [2.24, 2.45) is 0 Å². The van der Waals surface area contributed by atoms with Gasteiger partial charge in [0.15, 0.2) is 0 Å². The van der Waals surface area contributed by atoms with Crippen LogP contribution in [0.15, 0.2) is 49.1 Å². The van der Waals surface area contributed by atoms with E-state index in [0.29, 0.717) is 0 Å². The van der Waals surface area contributed by atoms with Crippen LogP contribution in [0.2, 0.25) is 0 Å². The molecule has 0 aliphatic heterocycles. The van der Waals surface area contributed by atoms with Crippen molar-refractivity contribution in [1.82, 2.24) is 35.1 Å². The number of imidazole rings is 1. The van der Waals surface area contributed by atoms with E-state index in [0.717, 1.165) is 24.4 Å². The standard InChI is InChI=1S/C16H19N7O/c1-13-17-8-10-22(13)9-7-15(14-5-3-2-4-6-14)19-16(24)11-23-12-18-20-21-23/h2-6,8,10,12,15H,7,9,11H2,1H3,(H,19,24)/t15-/m0/s1. The fourth-order valence-electron chi connectivity index (χ4n) is 2.56. The highest BCUT2D eigenvalue weighted by Gasteiger charge is 2.15. The molecule has 0 saturated carbocycles. The molecule has 24 heavy (non-hydrogen) atoms. The molecule has 3 aromatic rings. The maximum atomic E-state index is 12.3. The number of aromatic nitrogens is 6. The normalized spacial score (nSPS) is 12.0. The number of nitrogens with one attached hydrogen (secondary N) is 1. The van der Waals surface area contributed by atoms with Crippen LogP contribution in [0.1, 0.15) is 23.9 Å². The van der Waals surface area contributed by atoms with E-state index in [-0.39, 0.29) is 18.5 Å². The molecule has 1 aromatic carbocycles. The number of amides is 1. The van der Waals surface area contributed by atoms with Gasteiger partial charge in [-0.25, -0.2) is 9.67 Å². The van der Waals surface area contributed by atoms with Gasteiger partial charge in [-0.05, 0) is 29.3 Å². The maximum absolute atomic E-state index is 12.3. The lowest BCUT2D eigenvalue weighted by molar-refractivity contribution is -0.122. The van der Waals surface area contributed by atoms with Gasteiger partial charge in [-0.3, -0.25) is 4.79 Å². The first-order valence-corrected chi connectivity index (χ1v) is 7.75. The van der Waals surface area contributed by atoms with E-state index in [4.69, 9.17) is 0 Å². The van der Waals surface area contributed by atoms with E-state index in [1.165, 1.54) is 11.0 Å². The van der Waals surface area contributed by atoms with Crippen LogP contribution in [0, 0.1) is 6.92 Å². The summed E-state index contributed by atoms with van der Waals surface area (Å²) in [4.78, 5) is 16.5. The lowest BCUT2D eigenvalue weighted by Crippen LogP contribution is -2.32. The molecule has 1 amide bonds. The van der Waals surface area contributed by atoms with Crippen LogP contribution in [0.3, 0.4) is 0 Å². The number of nitrogens with zero attached hydrogens (tertiary/aromatic N) is 6. The van der Waals surface area contributed by atoms with Crippen LogP contribution >= 0.6 is 0 Å².